The number of pyridine rings is 1. The minimum atomic E-state index is -1.07. The molecule has 0 saturated heterocycles. The summed E-state index contributed by atoms with van der Waals surface area (Å²) in [5.74, 6) is -1.31. The summed E-state index contributed by atoms with van der Waals surface area (Å²) < 4.78 is 5.13. The highest BCUT2D eigenvalue weighted by molar-refractivity contribution is 5.91. The Morgan fingerprint density at radius 2 is 1.79 bits per heavy atom. The van der Waals surface area contributed by atoms with Crippen LogP contribution in [0.4, 0.5) is 0 Å². The Bertz CT molecular complexity index is 1090. The molecule has 150 valence electrons. The van der Waals surface area contributed by atoms with Crippen LogP contribution in [0.3, 0.4) is 0 Å². The van der Waals surface area contributed by atoms with Crippen molar-refractivity contribution in [2.24, 2.45) is 0 Å². The molecule has 3 aromatic rings. The summed E-state index contributed by atoms with van der Waals surface area (Å²) in [5, 5.41) is 10.2. The van der Waals surface area contributed by atoms with E-state index in [0.717, 1.165) is 10.9 Å². The van der Waals surface area contributed by atoms with Crippen LogP contribution in [0.5, 0.6) is 0 Å². The fourth-order valence-corrected chi connectivity index (χ4v) is 3.26. The Morgan fingerprint density at radius 1 is 1.07 bits per heavy atom. The monoisotopic (exact) mass is 394 g/mol. The molecule has 1 heterocycles. The molecule has 0 aliphatic heterocycles. The van der Waals surface area contributed by atoms with Gasteiger partial charge in [-0.15, -0.1) is 0 Å². The predicted octanol–water partition coefficient (Wildman–Crippen LogP) is 2.44. The van der Waals surface area contributed by atoms with E-state index in [1.54, 1.807) is 30.2 Å². The van der Waals surface area contributed by atoms with Crippen LogP contribution in [0.25, 0.3) is 10.9 Å². The lowest BCUT2D eigenvalue weighted by Crippen LogP contribution is -2.35. The lowest BCUT2D eigenvalue weighted by Gasteiger charge is -2.23. The molecule has 2 aromatic carbocycles. The summed E-state index contributed by atoms with van der Waals surface area (Å²) >= 11 is 0. The molecule has 29 heavy (non-hydrogen) atoms. The molecule has 2 N–H and O–H groups in total. The third-order valence-electron chi connectivity index (χ3n) is 4.70. The van der Waals surface area contributed by atoms with Gasteiger partial charge in [0.1, 0.15) is 0 Å². The van der Waals surface area contributed by atoms with Crippen molar-refractivity contribution in [2.75, 3.05) is 20.3 Å². The maximum atomic E-state index is 13.0. The first kappa shape index (κ1) is 20.3. The van der Waals surface area contributed by atoms with E-state index in [1.807, 2.05) is 24.3 Å². The van der Waals surface area contributed by atoms with Gasteiger partial charge in [0.05, 0.1) is 18.6 Å². The number of aromatic amines is 1. The number of benzene rings is 2. The summed E-state index contributed by atoms with van der Waals surface area (Å²) in [6.07, 6.45) is -0.0483. The average Bonchev–Trinajstić information content (AvgIpc) is 2.71. The SMILES string of the molecule is COCCN(Cc1cc(=O)[nH]c2ccccc12)C(=O)Cc1ccccc1C(=O)O. The second-order valence-corrected chi connectivity index (χ2v) is 6.65. The molecule has 0 saturated carbocycles. The second kappa shape index (κ2) is 9.16. The number of nitrogens with zero attached hydrogens (tertiary/aromatic N) is 1. The highest BCUT2D eigenvalue weighted by atomic mass is 16.5. The third-order valence-corrected chi connectivity index (χ3v) is 4.70. The number of amides is 1. The first-order chi connectivity index (χ1) is 14.0. The number of ether oxygens (including phenoxy) is 1. The van der Waals surface area contributed by atoms with Crippen LogP contribution in [-0.2, 0) is 22.5 Å². The van der Waals surface area contributed by atoms with Crippen molar-refractivity contribution in [1.82, 2.24) is 9.88 Å². The summed E-state index contributed by atoms with van der Waals surface area (Å²) in [5.41, 5.74) is 1.73. The first-order valence-corrected chi connectivity index (χ1v) is 9.18. The standard InChI is InChI=1S/C22H22N2O5/c1-29-11-10-24(21(26)13-15-6-2-3-8-18(15)22(27)28)14-16-12-20(25)23-19-9-5-4-7-17(16)19/h2-9,12H,10-11,13-14H2,1H3,(H,23,25)(H,27,28). The predicted molar refractivity (Wildman–Crippen MR) is 109 cm³/mol. The van der Waals surface area contributed by atoms with Crippen LogP contribution in [0.1, 0.15) is 21.5 Å². The minimum Gasteiger partial charge on any atom is -0.478 e. The third kappa shape index (κ3) is 4.89. The summed E-state index contributed by atoms with van der Waals surface area (Å²) in [6, 6.07) is 15.3. The molecule has 0 spiro atoms. The van der Waals surface area contributed by atoms with Gasteiger partial charge in [-0.2, -0.15) is 0 Å². The summed E-state index contributed by atoms with van der Waals surface area (Å²) in [7, 11) is 1.55. The highest BCUT2D eigenvalue weighted by Gasteiger charge is 2.19. The van der Waals surface area contributed by atoms with Crippen LogP contribution in [0, 0.1) is 0 Å². The van der Waals surface area contributed by atoms with Crippen molar-refractivity contribution in [3.63, 3.8) is 0 Å². The van der Waals surface area contributed by atoms with Gasteiger partial charge >= 0.3 is 5.97 Å². The quantitative estimate of drug-likeness (QED) is 0.611. The molecule has 0 radical (unpaired) electrons. The number of rotatable bonds is 8. The van der Waals surface area contributed by atoms with Gasteiger partial charge in [-0.1, -0.05) is 36.4 Å². The van der Waals surface area contributed by atoms with Gasteiger partial charge in [-0.3, -0.25) is 9.59 Å². The van der Waals surface area contributed by atoms with Crippen molar-refractivity contribution in [1.29, 1.82) is 0 Å². The van der Waals surface area contributed by atoms with Gasteiger partial charge in [-0.05, 0) is 23.3 Å². The molecule has 0 aliphatic carbocycles. The van der Waals surface area contributed by atoms with E-state index in [2.05, 4.69) is 4.98 Å². The Kier molecular flexibility index (Phi) is 6.41. The molecule has 1 aromatic heterocycles. The van der Waals surface area contributed by atoms with Gasteiger partial charge in [-0.25, -0.2) is 4.79 Å². The molecule has 1 amide bonds. The van der Waals surface area contributed by atoms with Crippen molar-refractivity contribution in [2.45, 2.75) is 13.0 Å². The number of fused-ring (bicyclic) bond motifs is 1. The Balaban J connectivity index is 1.90. The molecule has 0 bridgehead atoms. The number of methoxy groups -OCH3 is 1. The first-order valence-electron chi connectivity index (χ1n) is 9.18. The van der Waals surface area contributed by atoms with Crippen LogP contribution in [0.2, 0.25) is 0 Å². The number of H-pyrrole nitrogens is 1. The van der Waals surface area contributed by atoms with E-state index >= 15 is 0 Å². The van der Waals surface area contributed by atoms with E-state index in [-0.39, 0.29) is 30.0 Å². The molecule has 0 fully saturated rings. The molecule has 7 nitrogen and oxygen atoms in total. The topological polar surface area (TPSA) is 99.7 Å². The Labute approximate surface area is 167 Å². The van der Waals surface area contributed by atoms with E-state index in [4.69, 9.17) is 4.74 Å². The van der Waals surface area contributed by atoms with Crippen molar-refractivity contribution >= 4 is 22.8 Å². The minimum absolute atomic E-state index is 0.0483. The lowest BCUT2D eigenvalue weighted by atomic mass is 10.0. The van der Waals surface area contributed by atoms with Gasteiger partial charge in [0.25, 0.3) is 0 Å². The zero-order valence-corrected chi connectivity index (χ0v) is 16.1. The van der Waals surface area contributed by atoms with Gasteiger partial charge in [0.2, 0.25) is 11.5 Å². The van der Waals surface area contributed by atoms with E-state index in [9.17, 15) is 19.5 Å². The van der Waals surface area contributed by atoms with Crippen molar-refractivity contribution < 1.29 is 19.4 Å². The van der Waals surface area contributed by atoms with Crippen molar-refractivity contribution in [3.05, 3.63) is 81.6 Å². The Morgan fingerprint density at radius 3 is 2.55 bits per heavy atom. The molecular formula is C22H22N2O5. The van der Waals surface area contributed by atoms with Gasteiger partial charge in [0.15, 0.2) is 0 Å². The van der Waals surface area contributed by atoms with Crippen LogP contribution < -0.4 is 5.56 Å². The molecular weight excluding hydrogens is 372 g/mol. The highest BCUT2D eigenvalue weighted by Crippen LogP contribution is 2.18. The van der Waals surface area contributed by atoms with Crippen LogP contribution in [0.15, 0.2) is 59.4 Å². The molecule has 3 rings (SSSR count). The maximum Gasteiger partial charge on any atom is 0.335 e. The fraction of sp³-hybridized carbons (Fsp3) is 0.227. The molecule has 0 unspecified atom stereocenters. The van der Waals surface area contributed by atoms with E-state index in [1.165, 1.54) is 12.1 Å². The zero-order chi connectivity index (χ0) is 20.8. The number of nitrogens with one attached hydrogen (secondary N) is 1. The van der Waals surface area contributed by atoms with Crippen molar-refractivity contribution in [3.8, 4) is 0 Å². The average molecular weight is 394 g/mol. The molecule has 7 heteroatoms. The number of hydrogen-bond acceptors (Lipinski definition) is 4. The van der Waals surface area contributed by atoms with E-state index < -0.39 is 5.97 Å². The van der Waals surface area contributed by atoms with Gasteiger partial charge < -0.3 is 19.7 Å². The maximum absolute atomic E-state index is 13.0. The number of aromatic carboxylic acids is 1. The zero-order valence-electron chi connectivity index (χ0n) is 16.1. The summed E-state index contributed by atoms with van der Waals surface area (Å²) in [6.45, 7) is 0.876. The number of carbonyl (C=O) groups is 2. The van der Waals surface area contributed by atoms with Crippen LogP contribution >= 0.6 is 0 Å². The largest absolute Gasteiger partial charge is 0.478 e. The van der Waals surface area contributed by atoms with Crippen LogP contribution in [-0.4, -0.2) is 47.1 Å². The molecule has 0 aliphatic rings. The fourth-order valence-electron chi connectivity index (χ4n) is 3.26. The molecule has 0 atom stereocenters. The number of carbonyl (C=O) groups excluding carboxylic acids is 1. The summed E-state index contributed by atoms with van der Waals surface area (Å²) in [4.78, 5) is 40.9. The number of carboxylic acid groups (broad SMARTS) is 1. The van der Waals surface area contributed by atoms with E-state index in [0.29, 0.717) is 24.2 Å². The number of aromatic nitrogens is 1. The second-order valence-electron chi connectivity index (χ2n) is 6.65. The van der Waals surface area contributed by atoms with Gasteiger partial charge in [0, 0.05) is 37.2 Å². The number of hydrogen-bond donors (Lipinski definition) is 2. The Hall–Kier alpha value is -3.45. The number of carboxylic acids is 1. The lowest BCUT2D eigenvalue weighted by molar-refractivity contribution is -0.131. The number of para-hydroxylation sites is 1. The smallest absolute Gasteiger partial charge is 0.335 e. The normalized spacial score (nSPS) is 10.8.